The summed E-state index contributed by atoms with van der Waals surface area (Å²) in [7, 11) is 0. The van der Waals surface area contributed by atoms with E-state index in [-0.39, 0.29) is 5.06 Å². The van der Waals surface area contributed by atoms with E-state index in [9.17, 15) is 19.9 Å². The summed E-state index contributed by atoms with van der Waals surface area (Å²) in [6, 6.07) is 10.3. The van der Waals surface area contributed by atoms with Gasteiger partial charge in [-0.1, -0.05) is 47.5 Å². The maximum absolute atomic E-state index is 12.6. The van der Waals surface area contributed by atoms with E-state index in [1.165, 1.54) is 0 Å². The Kier molecular flexibility index (Phi) is 2.84. The van der Waals surface area contributed by atoms with E-state index in [2.05, 4.69) is 0 Å². The molecule has 2 bridgehead atoms. The highest BCUT2D eigenvalue weighted by Gasteiger charge is 2.69. The summed E-state index contributed by atoms with van der Waals surface area (Å²) in [6.07, 6.45) is 0. The molecule has 1 aliphatic heterocycles. The highest BCUT2D eigenvalue weighted by atomic mass is 35.5. The molecule has 0 radical (unpaired) electrons. The molecule has 25 heavy (non-hydrogen) atoms. The van der Waals surface area contributed by atoms with Crippen LogP contribution in [0.15, 0.2) is 36.4 Å². The number of hydrogen-bond acceptors (Lipinski definition) is 4. The summed E-state index contributed by atoms with van der Waals surface area (Å²) >= 11 is 12.8. The van der Waals surface area contributed by atoms with E-state index in [1.807, 2.05) is 0 Å². The van der Waals surface area contributed by atoms with Gasteiger partial charge in [0.25, 0.3) is 11.8 Å². The minimum Gasteiger partial charge on any atom is -0.379 e. The number of benzene rings is 2. The maximum Gasteiger partial charge on any atom is 0.260 e. The van der Waals surface area contributed by atoms with Crippen LogP contribution in [0.4, 0.5) is 0 Å². The summed E-state index contributed by atoms with van der Waals surface area (Å²) in [6.45, 7) is 0. The number of nitrogens with zero attached hydrogens (tertiary/aromatic N) is 1. The van der Waals surface area contributed by atoms with Crippen molar-refractivity contribution in [2.24, 2.45) is 11.8 Å². The first-order valence-corrected chi connectivity index (χ1v) is 8.51. The molecule has 2 N–H and O–H groups in total. The van der Waals surface area contributed by atoms with Crippen molar-refractivity contribution in [3.05, 3.63) is 68.7 Å². The fraction of sp³-hybridized carbons (Fsp3) is 0.222. The first-order chi connectivity index (χ1) is 11.9. The number of rotatable bonds is 0. The second kappa shape index (κ2) is 4.62. The van der Waals surface area contributed by atoms with Gasteiger partial charge in [0, 0.05) is 27.1 Å². The predicted octanol–water partition coefficient (Wildman–Crippen LogP) is 2.68. The van der Waals surface area contributed by atoms with Crippen molar-refractivity contribution >= 4 is 35.0 Å². The molecule has 1 fully saturated rings. The zero-order valence-corrected chi connectivity index (χ0v) is 14.1. The van der Waals surface area contributed by atoms with Crippen molar-refractivity contribution in [3.8, 4) is 0 Å². The number of carbonyl (C=O) groups excluding carboxylic acids is 2. The lowest BCUT2D eigenvalue weighted by Crippen LogP contribution is -2.54. The van der Waals surface area contributed by atoms with Crippen molar-refractivity contribution in [2.45, 2.75) is 11.5 Å². The van der Waals surface area contributed by atoms with Gasteiger partial charge in [-0.2, -0.15) is 5.06 Å². The zero-order chi connectivity index (χ0) is 17.7. The molecular formula is C18H11Cl2NO4. The monoisotopic (exact) mass is 375 g/mol. The molecular weight excluding hydrogens is 365 g/mol. The average Bonchev–Trinajstić information content (AvgIpc) is 2.81. The number of hydrogen-bond donors (Lipinski definition) is 2. The third-order valence-corrected chi connectivity index (χ3v) is 6.29. The van der Waals surface area contributed by atoms with Crippen molar-refractivity contribution in [1.29, 1.82) is 0 Å². The molecule has 0 unspecified atom stereocenters. The van der Waals surface area contributed by atoms with Crippen molar-refractivity contribution < 1.29 is 19.9 Å². The van der Waals surface area contributed by atoms with Gasteiger partial charge in [-0.25, -0.2) is 0 Å². The Morgan fingerprint density at radius 2 is 1.44 bits per heavy atom. The van der Waals surface area contributed by atoms with Crippen LogP contribution in [0.3, 0.4) is 0 Å². The van der Waals surface area contributed by atoms with Crippen molar-refractivity contribution in [3.63, 3.8) is 0 Å². The SMILES string of the molecule is O=C1[C@H]2C3c4cccc(Cl)c4C(O)(c4c(Cl)cccc43)[C@H]2C(=O)N1O. The van der Waals surface area contributed by atoms with E-state index in [0.29, 0.717) is 32.3 Å². The molecule has 6 rings (SSSR count). The predicted molar refractivity (Wildman–Crippen MR) is 88.4 cm³/mol. The lowest BCUT2D eigenvalue weighted by Gasteiger charge is -2.51. The highest BCUT2D eigenvalue weighted by Crippen LogP contribution is 2.64. The van der Waals surface area contributed by atoms with Crippen LogP contribution in [0, 0.1) is 11.8 Å². The minimum absolute atomic E-state index is 0.118. The van der Waals surface area contributed by atoms with E-state index >= 15 is 0 Å². The standard InChI is InChI=1S/C18H11Cl2NO4/c19-9-5-1-3-7-11-8-4-2-6-10(20)14(8)18(24,13(7)9)15-12(11)16(22)21(25)17(15)23/h1-6,11-12,15,24-25H/t11?,12-,15+,18?/m0/s1. The first kappa shape index (κ1) is 15.3. The summed E-state index contributed by atoms with van der Waals surface area (Å²) in [5, 5.41) is 22.4. The number of amides is 2. The molecule has 2 atom stereocenters. The van der Waals surface area contributed by atoms with Crippen molar-refractivity contribution in [2.75, 3.05) is 0 Å². The van der Waals surface area contributed by atoms with Gasteiger partial charge in [0.15, 0.2) is 0 Å². The molecule has 1 heterocycles. The minimum atomic E-state index is -1.87. The van der Waals surface area contributed by atoms with Crippen LogP contribution in [0.5, 0.6) is 0 Å². The van der Waals surface area contributed by atoms with Gasteiger partial charge in [0.2, 0.25) is 0 Å². The van der Waals surface area contributed by atoms with Gasteiger partial charge in [-0.15, -0.1) is 0 Å². The molecule has 4 aliphatic rings. The largest absolute Gasteiger partial charge is 0.379 e. The van der Waals surface area contributed by atoms with Crippen LogP contribution in [0.25, 0.3) is 0 Å². The van der Waals surface area contributed by atoms with Gasteiger partial charge in [-0.3, -0.25) is 14.8 Å². The second-order valence-electron chi connectivity index (χ2n) is 6.64. The van der Waals surface area contributed by atoms with Gasteiger partial charge < -0.3 is 5.11 Å². The van der Waals surface area contributed by atoms with E-state index in [1.54, 1.807) is 36.4 Å². The van der Waals surface area contributed by atoms with Gasteiger partial charge >= 0.3 is 0 Å². The van der Waals surface area contributed by atoms with Crippen LogP contribution in [-0.4, -0.2) is 27.2 Å². The Bertz CT molecular complexity index is 936. The Morgan fingerprint density at radius 1 is 0.920 bits per heavy atom. The molecule has 5 nitrogen and oxygen atoms in total. The fourth-order valence-corrected chi connectivity index (χ4v) is 5.50. The molecule has 0 aromatic heterocycles. The van der Waals surface area contributed by atoms with Crippen LogP contribution in [-0.2, 0) is 15.2 Å². The number of imide groups is 1. The van der Waals surface area contributed by atoms with E-state index in [0.717, 1.165) is 0 Å². The average molecular weight is 376 g/mol. The molecule has 126 valence electrons. The smallest absolute Gasteiger partial charge is 0.260 e. The molecule has 7 heteroatoms. The summed E-state index contributed by atoms with van der Waals surface area (Å²) in [4.78, 5) is 25.1. The van der Waals surface area contributed by atoms with Gasteiger partial charge in [0.05, 0.1) is 11.8 Å². The first-order valence-electron chi connectivity index (χ1n) is 7.76. The molecule has 0 saturated carbocycles. The number of aliphatic hydroxyl groups is 1. The normalized spacial score (nSPS) is 31.8. The Hall–Kier alpha value is -1.92. The van der Waals surface area contributed by atoms with E-state index in [4.69, 9.17) is 23.2 Å². The zero-order valence-electron chi connectivity index (χ0n) is 12.6. The Morgan fingerprint density at radius 3 is 1.96 bits per heavy atom. The number of carbonyl (C=O) groups is 2. The number of halogens is 2. The third-order valence-electron chi connectivity index (χ3n) is 5.66. The lowest BCUT2D eigenvalue weighted by atomic mass is 9.52. The molecule has 1 saturated heterocycles. The summed E-state index contributed by atoms with van der Waals surface area (Å²) < 4.78 is 0. The Balaban J connectivity index is 1.96. The Labute approximate surface area is 152 Å². The topological polar surface area (TPSA) is 77.8 Å². The van der Waals surface area contributed by atoms with E-state index < -0.39 is 35.2 Å². The van der Waals surface area contributed by atoms with Crippen LogP contribution < -0.4 is 0 Å². The lowest BCUT2D eigenvalue weighted by molar-refractivity contribution is -0.174. The number of hydroxylamine groups is 2. The summed E-state index contributed by atoms with van der Waals surface area (Å²) in [5.41, 5.74) is 0.273. The van der Waals surface area contributed by atoms with Crippen LogP contribution in [0.2, 0.25) is 10.0 Å². The highest BCUT2D eigenvalue weighted by molar-refractivity contribution is 6.33. The quantitative estimate of drug-likeness (QED) is 0.548. The molecule has 2 aromatic rings. The summed E-state index contributed by atoms with van der Waals surface area (Å²) in [5.74, 6) is -4.10. The van der Waals surface area contributed by atoms with Crippen molar-refractivity contribution in [1.82, 2.24) is 5.06 Å². The van der Waals surface area contributed by atoms with Crippen LogP contribution in [0.1, 0.15) is 28.2 Å². The van der Waals surface area contributed by atoms with Gasteiger partial charge in [-0.05, 0) is 23.3 Å². The molecule has 2 aromatic carbocycles. The van der Waals surface area contributed by atoms with Gasteiger partial charge in [0.1, 0.15) is 5.60 Å². The van der Waals surface area contributed by atoms with Crippen LogP contribution >= 0.6 is 23.2 Å². The maximum atomic E-state index is 12.6. The third kappa shape index (κ3) is 1.54. The second-order valence-corrected chi connectivity index (χ2v) is 7.46. The fourth-order valence-electron chi connectivity index (χ4n) is 4.85. The molecule has 2 amide bonds. The molecule has 0 spiro atoms. The molecule has 3 aliphatic carbocycles.